The average Bonchev–Trinajstić information content (AvgIpc) is 3.16. The average molecular weight is 502 g/mol. The number of anilines is 2. The number of benzene rings is 2. The summed E-state index contributed by atoms with van der Waals surface area (Å²) >= 11 is 0. The number of carbonyl (C=O) groups is 2. The van der Waals surface area contributed by atoms with Gasteiger partial charge in [-0.25, -0.2) is 8.42 Å². The molecular formula is C25H31N3O6S. The number of likely N-dealkylation sites (tertiary alicyclic amines) is 1. The molecule has 188 valence electrons. The maximum atomic E-state index is 13.2. The van der Waals surface area contributed by atoms with Gasteiger partial charge in [-0.2, -0.15) is 0 Å². The lowest BCUT2D eigenvalue weighted by atomic mass is 10.1. The number of amides is 2. The Labute approximate surface area is 206 Å². The van der Waals surface area contributed by atoms with Crippen molar-refractivity contribution in [2.24, 2.45) is 0 Å². The number of para-hydroxylation sites is 1. The van der Waals surface area contributed by atoms with Crippen LogP contribution in [0.15, 0.2) is 42.5 Å². The monoisotopic (exact) mass is 501 g/mol. The Bertz CT molecular complexity index is 1180. The molecule has 2 aliphatic heterocycles. The fourth-order valence-corrected chi connectivity index (χ4v) is 5.30. The highest BCUT2D eigenvalue weighted by molar-refractivity contribution is 7.92. The third-order valence-corrected chi connectivity index (χ3v) is 7.87. The summed E-state index contributed by atoms with van der Waals surface area (Å²) in [5, 5.41) is 2.76. The van der Waals surface area contributed by atoms with Crippen molar-refractivity contribution in [2.45, 2.75) is 32.6 Å². The van der Waals surface area contributed by atoms with Crippen LogP contribution in [0, 0.1) is 0 Å². The zero-order valence-electron chi connectivity index (χ0n) is 19.9. The van der Waals surface area contributed by atoms with Gasteiger partial charge in [0.2, 0.25) is 15.9 Å². The van der Waals surface area contributed by atoms with E-state index in [0.717, 1.165) is 30.0 Å². The molecule has 0 bridgehead atoms. The van der Waals surface area contributed by atoms with E-state index in [0.29, 0.717) is 54.7 Å². The second-order valence-electron chi connectivity index (χ2n) is 8.54. The van der Waals surface area contributed by atoms with Crippen LogP contribution in [0.3, 0.4) is 0 Å². The van der Waals surface area contributed by atoms with E-state index in [-0.39, 0.29) is 11.7 Å². The highest BCUT2D eigenvalue weighted by Gasteiger charge is 2.27. The minimum Gasteiger partial charge on any atom is -0.486 e. The van der Waals surface area contributed by atoms with Gasteiger partial charge >= 0.3 is 0 Å². The standard InChI is InChI=1S/C25H31N3O6S/c1-2-35(31,32)28(19-11-12-22-23(17-19)34-16-15-33-22)18-24(29)26-21-10-6-5-9-20(21)25(30)27-13-7-3-4-8-14-27/h5-6,9-12,17H,2-4,7-8,13-16,18H2,1H3,(H,26,29). The van der Waals surface area contributed by atoms with Gasteiger partial charge in [0.1, 0.15) is 19.8 Å². The lowest BCUT2D eigenvalue weighted by Gasteiger charge is -2.26. The number of sulfonamides is 1. The number of nitrogens with zero attached hydrogens (tertiary/aromatic N) is 2. The Kier molecular flexibility index (Phi) is 7.80. The quantitative estimate of drug-likeness (QED) is 0.624. The number of carbonyl (C=O) groups excluding carboxylic acids is 2. The molecule has 0 saturated carbocycles. The highest BCUT2D eigenvalue weighted by Crippen LogP contribution is 2.35. The van der Waals surface area contributed by atoms with Gasteiger partial charge in [-0.05, 0) is 44.0 Å². The molecule has 2 aliphatic rings. The van der Waals surface area contributed by atoms with Crippen molar-refractivity contribution in [3.63, 3.8) is 0 Å². The van der Waals surface area contributed by atoms with Crippen molar-refractivity contribution in [1.82, 2.24) is 4.90 Å². The first kappa shape index (κ1) is 24.8. The minimum atomic E-state index is -3.77. The van der Waals surface area contributed by atoms with Crippen LogP contribution in [0.2, 0.25) is 0 Å². The number of fused-ring (bicyclic) bond motifs is 1. The summed E-state index contributed by atoms with van der Waals surface area (Å²) in [5.74, 6) is 0.0949. The highest BCUT2D eigenvalue weighted by atomic mass is 32.2. The van der Waals surface area contributed by atoms with E-state index < -0.39 is 22.5 Å². The fourth-order valence-electron chi connectivity index (χ4n) is 4.24. The van der Waals surface area contributed by atoms with Crippen molar-refractivity contribution in [1.29, 1.82) is 0 Å². The summed E-state index contributed by atoms with van der Waals surface area (Å²) in [6, 6.07) is 11.6. The van der Waals surface area contributed by atoms with E-state index in [4.69, 9.17) is 9.47 Å². The predicted octanol–water partition coefficient (Wildman–Crippen LogP) is 3.27. The van der Waals surface area contributed by atoms with Crippen molar-refractivity contribution in [3.05, 3.63) is 48.0 Å². The van der Waals surface area contributed by atoms with E-state index in [9.17, 15) is 18.0 Å². The molecule has 2 aromatic carbocycles. The molecule has 0 atom stereocenters. The van der Waals surface area contributed by atoms with E-state index in [2.05, 4.69) is 5.32 Å². The SMILES string of the molecule is CCS(=O)(=O)N(CC(=O)Nc1ccccc1C(=O)N1CCCCCC1)c1ccc2c(c1)OCCO2. The molecule has 0 aromatic heterocycles. The van der Waals surface area contributed by atoms with Crippen molar-refractivity contribution < 1.29 is 27.5 Å². The third-order valence-electron chi connectivity index (χ3n) is 6.13. The van der Waals surface area contributed by atoms with Crippen LogP contribution in [0.1, 0.15) is 43.0 Å². The van der Waals surface area contributed by atoms with Gasteiger partial charge in [0.25, 0.3) is 5.91 Å². The van der Waals surface area contributed by atoms with Crippen molar-refractivity contribution in [2.75, 3.05) is 48.2 Å². The van der Waals surface area contributed by atoms with Crippen LogP contribution in [-0.2, 0) is 14.8 Å². The molecule has 0 aliphatic carbocycles. The predicted molar refractivity (Wildman–Crippen MR) is 134 cm³/mol. The molecule has 1 fully saturated rings. The molecule has 2 aromatic rings. The second kappa shape index (κ2) is 11.0. The summed E-state index contributed by atoms with van der Waals surface area (Å²) < 4.78 is 37.9. The molecule has 0 radical (unpaired) electrons. The van der Waals surface area contributed by atoms with Crippen molar-refractivity contribution >= 4 is 33.2 Å². The van der Waals surface area contributed by atoms with Crippen LogP contribution in [0.5, 0.6) is 11.5 Å². The van der Waals surface area contributed by atoms with Gasteiger partial charge in [0.15, 0.2) is 11.5 Å². The first-order valence-corrected chi connectivity index (χ1v) is 13.6. The molecule has 10 heteroatoms. The Balaban J connectivity index is 1.54. The normalized spacial score (nSPS) is 15.7. The molecular weight excluding hydrogens is 470 g/mol. The summed E-state index contributed by atoms with van der Waals surface area (Å²) in [4.78, 5) is 28.1. The smallest absolute Gasteiger partial charge is 0.255 e. The third kappa shape index (κ3) is 5.87. The van der Waals surface area contributed by atoms with Gasteiger partial charge < -0.3 is 19.7 Å². The van der Waals surface area contributed by atoms with E-state index in [1.807, 2.05) is 4.90 Å². The van der Waals surface area contributed by atoms with E-state index in [1.54, 1.807) is 42.5 Å². The molecule has 0 unspecified atom stereocenters. The van der Waals surface area contributed by atoms with E-state index >= 15 is 0 Å². The Morgan fingerprint density at radius 3 is 2.37 bits per heavy atom. The molecule has 4 rings (SSSR count). The number of ether oxygens (including phenoxy) is 2. The van der Waals surface area contributed by atoms with Crippen LogP contribution in [0.4, 0.5) is 11.4 Å². The number of nitrogens with one attached hydrogen (secondary N) is 1. The lowest BCUT2D eigenvalue weighted by Crippen LogP contribution is -2.39. The maximum absolute atomic E-state index is 13.2. The number of hydrogen-bond acceptors (Lipinski definition) is 6. The molecule has 1 saturated heterocycles. The Morgan fingerprint density at radius 1 is 0.971 bits per heavy atom. The van der Waals surface area contributed by atoms with Gasteiger partial charge in [-0.1, -0.05) is 25.0 Å². The summed E-state index contributed by atoms with van der Waals surface area (Å²) in [6.07, 6.45) is 4.12. The Hall–Kier alpha value is -3.27. The van der Waals surface area contributed by atoms with Crippen LogP contribution in [0.25, 0.3) is 0 Å². The molecule has 0 spiro atoms. The van der Waals surface area contributed by atoms with Crippen molar-refractivity contribution in [3.8, 4) is 11.5 Å². The summed E-state index contributed by atoms with van der Waals surface area (Å²) in [5.41, 5.74) is 1.06. The molecule has 2 amide bonds. The first-order chi connectivity index (χ1) is 16.9. The second-order valence-corrected chi connectivity index (χ2v) is 10.7. The lowest BCUT2D eigenvalue weighted by molar-refractivity contribution is -0.114. The van der Waals surface area contributed by atoms with Crippen LogP contribution in [-0.4, -0.2) is 63.7 Å². The van der Waals surface area contributed by atoms with Crippen LogP contribution >= 0.6 is 0 Å². The van der Waals surface area contributed by atoms with Crippen LogP contribution < -0.4 is 19.1 Å². The molecule has 9 nitrogen and oxygen atoms in total. The topological polar surface area (TPSA) is 105 Å². The van der Waals surface area contributed by atoms with Gasteiger partial charge in [0.05, 0.1) is 22.7 Å². The zero-order valence-corrected chi connectivity index (χ0v) is 20.7. The Morgan fingerprint density at radius 2 is 1.66 bits per heavy atom. The van der Waals surface area contributed by atoms with E-state index in [1.165, 1.54) is 6.92 Å². The largest absolute Gasteiger partial charge is 0.486 e. The molecule has 35 heavy (non-hydrogen) atoms. The summed E-state index contributed by atoms with van der Waals surface area (Å²) in [6.45, 7) is 3.23. The first-order valence-electron chi connectivity index (χ1n) is 12.0. The van der Waals surface area contributed by atoms with Gasteiger partial charge in [-0.3, -0.25) is 13.9 Å². The zero-order chi connectivity index (χ0) is 24.8. The van der Waals surface area contributed by atoms with Gasteiger partial charge in [0, 0.05) is 19.2 Å². The van der Waals surface area contributed by atoms with Gasteiger partial charge in [-0.15, -0.1) is 0 Å². The fraction of sp³-hybridized carbons (Fsp3) is 0.440. The number of hydrogen-bond donors (Lipinski definition) is 1. The summed E-state index contributed by atoms with van der Waals surface area (Å²) in [7, 11) is -3.77. The maximum Gasteiger partial charge on any atom is 0.255 e. The number of rotatable bonds is 7. The minimum absolute atomic E-state index is 0.132. The molecule has 2 heterocycles. The molecule has 1 N–H and O–H groups in total.